The molecular weight excluding hydrogens is 1790 g/mol. The zero-order valence-corrected chi connectivity index (χ0v) is 75.6. The van der Waals surface area contributed by atoms with Crippen LogP contribution in [0.25, 0.3) is 0 Å². The van der Waals surface area contributed by atoms with Gasteiger partial charge in [-0.05, 0) is 109 Å². The number of unbranched alkanes of at least 4 members (excludes halogenated alkanes) is 1. The fraction of sp³-hybridized carbons (Fsp3) is 0.753. The Hall–Kier alpha value is -11.5. The number of hydrogen-bond acceptors (Lipinski definition) is 30. The number of rotatable bonds is 33. The Morgan fingerprint density at radius 3 is 0.779 bits per heavy atom. The average molecular weight is 1920 g/mol. The summed E-state index contributed by atoms with van der Waals surface area (Å²) in [5, 5.41) is 107. The van der Waals surface area contributed by atoms with Crippen molar-refractivity contribution >= 4 is 124 Å². The molecule has 0 saturated carbocycles. The van der Waals surface area contributed by atoms with E-state index in [0.29, 0.717) is 51.5 Å². The van der Waals surface area contributed by atoms with Crippen molar-refractivity contribution in [1.29, 1.82) is 0 Å². The third-order valence-corrected chi connectivity index (χ3v) is 28.2. The van der Waals surface area contributed by atoms with E-state index in [1.54, 1.807) is 0 Å². The number of nitrogens with two attached hydrogens (primary N) is 1. The highest BCUT2D eigenvalue weighted by atomic mass is 16.4. The molecule has 51 heteroatoms. The molecule has 19 N–H and O–H groups in total. The molecule has 0 unspecified atom stereocenters. The highest BCUT2D eigenvalue weighted by Gasteiger charge is 2.54. The molecule has 0 aromatic heterocycles. The van der Waals surface area contributed by atoms with Crippen molar-refractivity contribution in [2.75, 3.05) is 137 Å². The Kier molecular flexibility index (Phi) is 33.9. The first-order valence-corrected chi connectivity index (χ1v) is 47.2. The van der Waals surface area contributed by atoms with Crippen LogP contribution in [0.3, 0.4) is 0 Å². The summed E-state index contributed by atoms with van der Waals surface area (Å²) in [4.78, 5) is 304. The van der Waals surface area contributed by atoms with Gasteiger partial charge in [0, 0.05) is 123 Å². The molecular formula is C85H126N22O29. The normalized spacial score (nSPS) is 30.0. The van der Waals surface area contributed by atoms with E-state index in [-0.39, 0.29) is 174 Å². The predicted octanol–water partition coefficient (Wildman–Crippen LogP) is -14.1. The molecule has 0 aliphatic carbocycles. The van der Waals surface area contributed by atoms with E-state index in [9.17, 15) is 136 Å². The standard InChI is InChI=1S/C85H126N22O29/c86-16-2-1-9-52(80(131)102-38-45(109)24-59(102)74(125)90-32-67(117)98-20-6-13-55(98)83(134)105-41-48(112)27-62(105)77(128)93-35-70(120)100-22-8-15-57(100)85(136)107-43-50(114)29-64(107)78(129)94-36-71(121)122)95-65(115)30-88-72(123)60-25-46(110)39-103(60)81(132)53-11-4-18-96(53)68(118)33-91-75(126)63-28-49(113)42-106(63)84(135)56-14-7-21-99(56)69(119)34-92-76(127)61-26-47(111)40-104(61)82(133)54-12-5-19-97(54)66(116)31-89-73(124)58-23-44(108)37-101(58)79(130)51-10-3-17-87-51/h44-64,87,108-114H,1-43,86H2,(H,88,123)(H,89,124)(H,90,125)(H,91,126)(H,92,127)(H,93,128)(H,94,129)(H,95,115)(H,121,122)/t44-,45-,46-,47-,48-,49-,50-,51+,52+,53+,54+,55+,56+,57+,58+,59+,60+,61+,62+,63+,64+/m1/s1. The number of aliphatic hydroxyl groups is 7. The van der Waals surface area contributed by atoms with E-state index >= 15 is 0 Å². The summed E-state index contributed by atoms with van der Waals surface area (Å²) in [6.45, 7) is -5.63. The molecule has 0 radical (unpaired) electrons. The van der Waals surface area contributed by atoms with Gasteiger partial charge in [-0.25, -0.2) is 0 Å². The number of likely N-dealkylation sites (tertiary alicyclic amines) is 12. The molecule has 750 valence electrons. The van der Waals surface area contributed by atoms with Crippen LogP contribution in [0.2, 0.25) is 0 Å². The zero-order chi connectivity index (χ0) is 97.9. The predicted molar refractivity (Wildman–Crippen MR) is 461 cm³/mol. The van der Waals surface area contributed by atoms with E-state index in [1.165, 1.54) is 29.4 Å². The number of nitrogens with zero attached hydrogens (tertiary/aromatic N) is 12. The summed E-state index contributed by atoms with van der Waals surface area (Å²) >= 11 is 0. The number of aliphatic hydroxyl groups excluding tert-OH is 7. The topological polar surface area (TPSA) is 693 Å². The number of nitrogens with one attached hydrogen (secondary N) is 9. The largest absolute Gasteiger partial charge is 0.480 e. The van der Waals surface area contributed by atoms with E-state index in [4.69, 9.17) is 10.8 Å². The van der Waals surface area contributed by atoms with Crippen LogP contribution in [0.1, 0.15) is 141 Å². The van der Waals surface area contributed by atoms with Gasteiger partial charge < -0.3 is 153 Å². The van der Waals surface area contributed by atoms with Crippen molar-refractivity contribution < 1.29 is 142 Å². The molecule has 0 aromatic carbocycles. The molecule has 0 bridgehead atoms. The third-order valence-electron chi connectivity index (χ3n) is 28.2. The molecule has 0 aromatic rings. The number of amides is 20. The number of hydrogen-bond donors (Lipinski definition) is 18. The molecule has 20 amide bonds. The molecule has 13 heterocycles. The average Bonchev–Trinajstić information content (AvgIpc) is 1.67. The van der Waals surface area contributed by atoms with E-state index in [2.05, 4.69) is 47.9 Å². The van der Waals surface area contributed by atoms with Gasteiger partial charge in [-0.2, -0.15) is 0 Å². The number of carboxylic acids is 1. The Morgan fingerprint density at radius 1 is 0.287 bits per heavy atom. The zero-order valence-electron chi connectivity index (χ0n) is 75.6. The summed E-state index contributed by atoms with van der Waals surface area (Å²) in [6.07, 6.45) is -5.34. The fourth-order valence-electron chi connectivity index (χ4n) is 21.5. The summed E-state index contributed by atoms with van der Waals surface area (Å²) < 4.78 is 0. The van der Waals surface area contributed by atoms with Crippen LogP contribution in [0.15, 0.2) is 0 Å². The van der Waals surface area contributed by atoms with Crippen LogP contribution < -0.4 is 53.6 Å². The highest BCUT2D eigenvalue weighted by molar-refractivity contribution is 6.02. The minimum Gasteiger partial charge on any atom is -0.480 e. The Bertz CT molecular complexity index is 4590. The van der Waals surface area contributed by atoms with Crippen molar-refractivity contribution in [1.82, 2.24) is 107 Å². The van der Waals surface area contributed by atoms with Gasteiger partial charge >= 0.3 is 5.97 Å². The van der Waals surface area contributed by atoms with Crippen molar-refractivity contribution in [3.8, 4) is 0 Å². The van der Waals surface area contributed by atoms with Crippen LogP contribution in [0.4, 0.5) is 0 Å². The summed E-state index contributed by atoms with van der Waals surface area (Å²) in [7, 11) is 0. The molecule has 13 fully saturated rings. The molecule has 136 heavy (non-hydrogen) atoms. The van der Waals surface area contributed by atoms with Gasteiger partial charge in [0.25, 0.3) is 0 Å². The highest BCUT2D eigenvalue weighted by Crippen LogP contribution is 2.34. The van der Waals surface area contributed by atoms with Crippen LogP contribution in [-0.4, -0.2) is 489 Å². The first kappa shape index (κ1) is 102. The van der Waals surface area contributed by atoms with Crippen LogP contribution in [0, 0.1) is 0 Å². The number of carbonyl (C=O) groups excluding carboxylic acids is 20. The number of aliphatic carboxylic acids is 1. The molecule has 0 spiro atoms. The first-order valence-electron chi connectivity index (χ1n) is 47.2. The van der Waals surface area contributed by atoms with Crippen molar-refractivity contribution in [2.24, 2.45) is 5.73 Å². The SMILES string of the molecule is NCCCC[C@H](NC(=O)CNC(=O)[C@@H]1C[C@@H](O)CN1C(=O)[C@@H]1CCCN1C(=O)CNC(=O)[C@@H]1C[C@@H](O)CN1C(=O)[C@@H]1CCCN1C(=O)CNC(=O)[C@@H]1C[C@@H](O)CN1C(=O)[C@@H]1CCCN1C(=O)CNC(=O)[C@@H]1C[C@@H](O)CN1C(=O)[C@@H]1CCCN1)C(=O)N1C[C@H](O)C[C@H]1C(=O)NCC(=O)N1CCC[C@H]1C(=O)N1C[C@H](O)C[C@H]1C(=O)NCC(=O)N1CCC[C@H]1C(=O)N1C[C@H](O)C[C@H]1C(=O)NCC(=O)O. The minimum atomic E-state index is -1.40. The molecule has 21 atom stereocenters. The molecule has 51 nitrogen and oxygen atoms in total. The van der Waals surface area contributed by atoms with E-state index < -0.39 is 298 Å². The van der Waals surface area contributed by atoms with Gasteiger partial charge in [-0.15, -0.1) is 0 Å². The van der Waals surface area contributed by atoms with Gasteiger partial charge in [0.15, 0.2) is 0 Å². The number of β-amino-alcohol motifs (C(OH)–C–C–N with tert-alkyl or cyclic N) is 7. The van der Waals surface area contributed by atoms with Gasteiger partial charge in [0.1, 0.15) is 85.1 Å². The second kappa shape index (κ2) is 45.2. The van der Waals surface area contributed by atoms with Crippen molar-refractivity contribution in [3.63, 3.8) is 0 Å². The molecule has 13 saturated heterocycles. The monoisotopic (exact) mass is 1920 g/mol. The lowest BCUT2D eigenvalue weighted by Gasteiger charge is -2.32. The second-order valence-electron chi connectivity index (χ2n) is 37.5. The Labute approximate surface area is 780 Å². The van der Waals surface area contributed by atoms with Crippen molar-refractivity contribution in [2.45, 2.75) is 269 Å². The van der Waals surface area contributed by atoms with Crippen molar-refractivity contribution in [3.05, 3.63) is 0 Å². The minimum absolute atomic E-state index is 0.0187. The second-order valence-corrected chi connectivity index (χ2v) is 37.5. The summed E-state index contributed by atoms with van der Waals surface area (Å²) in [5.41, 5.74) is 5.79. The van der Waals surface area contributed by atoms with Gasteiger partial charge in [0.2, 0.25) is 118 Å². The van der Waals surface area contributed by atoms with Crippen LogP contribution in [0.5, 0.6) is 0 Å². The van der Waals surface area contributed by atoms with E-state index in [0.717, 1.165) is 35.8 Å². The summed E-state index contributed by atoms with van der Waals surface area (Å²) in [5.74, 6) is -16.1. The lowest BCUT2D eigenvalue weighted by atomic mass is 10.1. The maximum Gasteiger partial charge on any atom is 0.322 e. The smallest absolute Gasteiger partial charge is 0.322 e. The lowest BCUT2D eigenvalue weighted by molar-refractivity contribution is -0.148. The Morgan fingerprint density at radius 2 is 0.529 bits per heavy atom. The van der Waals surface area contributed by atoms with Crippen LogP contribution in [-0.2, 0) is 101 Å². The molecule has 13 rings (SSSR count). The maximum absolute atomic E-state index is 14.5. The van der Waals surface area contributed by atoms with Gasteiger partial charge in [0.05, 0.1) is 88.0 Å². The molecule has 13 aliphatic heterocycles. The van der Waals surface area contributed by atoms with Gasteiger partial charge in [-0.3, -0.25) is 101 Å². The Balaban J connectivity index is 0.543. The molecule has 13 aliphatic rings. The van der Waals surface area contributed by atoms with Gasteiger partial charge in [-0.1, -0.05) is 0 Å². The number of carboxylic acid groups (broad SMARTS) is 1. The first-order chi connectivity index (χ1) is 64.9. The fourth-order valence-corrected chi connectivity index (χ4v) is 21.5. The quantitative estimate of drug-likeness (QED) is 0.0271. The lowest BCUT2D eigenvalue weighted by Crippen LogP contribution is -2.57. The van der Waals surface area contributed by atoms with E-state index in [1.807, 2.05) is 0 Å². The summed E-state index contributed by atoms with van der Waals surface area (Å²) in [6, 6.07) is -16.6. The van der Waals surface area contributed by atoms with Crippen LogP contribution >= 0.6 is 0 Å². The third kappa shape index (κ3) is 23.5. The maximum atomic E-state index is 14.5. The number of carbonyl (C=O) groups is 21.